The zero-order chi connectivity index (χ0) is 17.6. The van der Waals surface area contributed by atoms with Gasteiger partial charge in [0.15, 0.2) is 5.76 Å². The quantitative estimate of drug-likeness (QED) is 0.696. The van der Waals surface area contributed by atoms with Gasteiger partial charge in [0.1, 0.15) is 12.1 Å². The molecule has 0 saturated carbocycles. The molecule has 0 radical (unpaired) electrons. The molecule has 1 amide bonds. The highest BCUT2D eigenvalue weighted by molar-refractivity contribution is 5.96. The van der Waals surface area contributed by atoms with Crippen LogP contribution in [-0.4, -0.2) is 19.0 Å². The van der Waals surface area contributed by atoms with Crippen molar-refractivity contribution in [1.29, 1.82) is 0 Å². The summed E-state index contributed by atoms with van der Waals surface area (Å²) in [5, 5.41) is 3.93. The normalized spacial score (nSPS) is 11.2. The summed E-state index contributed by atoms with van der Waals surface area (Å²) >= 11 is 0. The van der Waals surface area contributed by atoms with Crippen LogP contribution in [0, 0.1) is 0 Å². The Morgan fingerprint density at radius 3 is 2.40 bits per heavy atom. The number of carbonyl (C=O) groups is 1. The third-order valence-electron chi connectivity index (χ3n) is 4.65. The molecule has 0 bridgehead atoms. The first-order valence-electron chi connectivity index (χ1n) is 8.88. The first-order valence-corrected chi connectivity index (χ1v) is 8.88. The smallest absolute Gasteiger partial charge is 0.287 e. The van der Waals surface area contributed by atoms with Crippen LogP contribution < -0.4 is 10.2 Å². The second-order valence-electron chi connectivity index (χ2n) is 6.23. The fourth-order valence-corrected chi connectivity index (χ4v) is 3.03. The fraction of sp³-hybridized carbons (Fsp3) is 0.286. The summed E-state index contributed by atoms with van der Waals surface area (Å²) in [6, 6.07) is 17.7. The summed E-state index contributed by atoms with van der Waals surface area (Å²) in [7, 11) is 0. The summed E-state index contributed by atoms with van der Waals surface area (Å²) in [5.41, 5.74) is 3.18. The Bertz CT molecular complexity index is 817. The number of quaternary nitrogens is 1. The van der Waals surface area contributed by atoms with E-state index in [-0.39, 0.29) is 5.91 Å². The van der Waals surface area contributed by atoms with Crippen molar-refractivity contribution in [2.24, 2.45) is 0 Å². The number of benzene rings is 2. The van der Waals surface area contributed by atoms with E-state index in [4.69, 9.17) is 4.42 Å². The van der Waals surface area contributed by atoms with Crippen molar-refractivity contribution in [3.8, 4) is 0 Å². The van der Waals surface area contributed by atoms with E-state index < -0.39 is 0 Å². The molecule has 130 valence electrons. The minimum atomic E-state index is -0.179. The molecule has 3 rings (SSSR count). The van der Waals surface area contributed by atoms with Crippen LogP contribution in [0.25, 0.3) is 11.0 Å². The van der Waals surface area contributed by atoms with Crippen molar-refractivity contribution in [3.05, 3.63) is 71.5 Å². The fourth-order valence-electron chi connectivity index (χ4n) is 3.03. The molecule has 25 heavy (non-hydrogen) atoms. The molecule has 0 saturated heterocycles. The molecule has 0 fully saturated rings. The maximum Gasteiger partial charge on any atom is 0.287 e. The predicted molar refractivity (Wildman–Crippen MR) is 99.6 cm³/mol. The second kappa shape index (κ2) is 7.99. The van der Waals surface area contributed by atoms with E-state index >= 15 is 0 Å². The summed E-state index contributed by atoms with van der Waals surface area (Å²) < 4.78 is 5.63. The molecule has 1 aromatic heterocycles. The van der Waals surface area contributed by atoms with Crippen LogP contribution in [0.15, 0.2) is 59.0 Å². The Morgan fingerprint density at radius 1 is 1.00 bits per heavy atom. The van der Waals surface area contributed by atoms with E-state index in [0.717, 1.165) is 36.2 Å². The summed E-state index contributed by atoms with van der Waals surface area (Å²) in [6.45, 7) is 8.07. The molecule has 2 N–H and O–H groups in total. The Kier molecular flexibility index (Phi) is 5.51. The van der Waals surface area contributed by atoms with Gasteiger partial charge in [0.2, 0.25) is 0 Å². The van der Waals surface area contributed by atoms with Crippen molar-refractivity contribution >= 4 is 16.9 Å². The number of fused-ring (bicyclic) bond motifs is 1. The number of hydrogen-bond acceptors (Lipinski definition) is 2. The highest BCUT2D eigenvalue weighted by atomic mass is 16.3. The van der Waals surface area contributed by atoms with Gasteiger partial charge in [-0.3, -0.25) is 4.79 Å². The molecule has 0 spiro atoms. The standard InChI is InChI=1S/C21H24N2O2/c1-3-23(4-2)15-18-11-6-5-10-17(18)14-22-21(24)20-13-16-9-7-8-12-19(16)25-20/h5-13H,3-4,14-15H2,1-2H3,(H,22,24)/p+1. The van der Waals surface area contributed by atoms with Crippen molar-refractivity contribution in [2.45, 2.75) is 26.9 Å². The predicted octanol–water partition coefficient (Wildman–Crippen LogP) is 2.79. The Labute approximate surface area is 148 Å². The molecule has 0 aliphatic heterocycles. The van der Waals surface area contributed by atoms with Crippen molar-refractivity contribution in [3.63, 3.8) is 0 Å². The first kappa shape index (κ1) is 17.2. The molecular formula is C21H25N2O2+. The van der Waals surface area contributed by atoms with E-state index in [1.807, 2.05) is 30.3 Å². The second-order valence-corrected chi connectivity index (χ2v) is 6.23. The Morgan fingerprint density at radius 2 is 1.68 bits per heavy atom. The van der Waals surface area contributed by atoms with E-state index in [0.29, 0.717) is 12.3 Å². The highest BCUT2D eigenvalue weighted by Crippen LogP contribution is 2.18. The van der Waals surface area contributed by atoms with Gasteiger partial charge >= 0.3 is 0 Å². The number of carbonyl (C=O) groups excluding carboxylic acids is 1. The average Bonchev–Trinajstić information content (AvgIpc) is 3.09. The minimum Gasteiger partial charge on any atom is -0.451 e. The first-order chi connectivity index (χ1) is 12.2. The molecular weight excluding hydrogens is 312 g/mol. The number of amides is 1. The van der Waals surface area contributed by atoms with Gasteiger partial charge in [-0.1, -0.05) is 42.5 Å². The van der Waals surface area contributed by atoms with Crippen LogP contribution in [-0.2, 0) is 13.1 Å². The third-order valence-corrected chi connectivity index (χ3v) is 4.65. The van der Waals surface area contributed by atoms with Crippen LogP contribution >= 0.6 is 0 Å². The lowest BCUT2D eigenvalue weighted by Gasteiger charge is -2.17. The van der Waals surface area contributed by atoms with Gasteiger partial charge < -0.3 is 14.6 Å². The van der Waals surface area contributed by atoms with Crippen LogP contribution in [0.4, 0.5) is 0 Å². The monoisotopic (exact) mass is 337 g/mol. The van der Waals surface area contributed by atoms with Crippen LogP contribution in [0.3, 0.4) is 0 Å². The van der Waals surface area contributed by atoms with Gasteiger partial charge in [-0.15, -0.1) is 0 Å². The largest absolute Gasteiger partial charge is 0.451 e. The maximum absolute atomic E-state index is 12.4. The van der Waals surface area contributed by atoms with Gasteiger partial charge in [-0.05, 0) is 31.5 Å². The lowest BCUT2D eigenvalue weighted by atomic mass is 10.1. The summed E-state index contributed by atoms with van der Waals surface area (Å²) in [5.74, 6) is 0.175. The summed E-state index contributed by atoms with van der Waals surface area (Å²) in [6.07, 6.45) is 0. The van der Waals surface area contributed by atoms with E-state index in [1.54, 1.807) is 6.07 Å². The molecule has 0 aliphatic carbocycles. The topological polar surface area (TPSA) is 46.7 Å². The number of para-hydroxylation sites is 1. The molecule has 2 aromatic carbocycles. The van der Waals surface area contributed by atoms with Crippen LogP contribution in [0.5, 0.6) is 0 Å². The van der Waals surface area contributed by atoms with Crippen LogP contribution in [0.2, 0.25) is 0 Å². The van der Waals surface area contributed by atoms with E-state index in [1.165, 1.54) is 10.5 Å². The number of nitrogens with one attached hydrogen (secondary N) is 2. The van der Waals surface area contributed by atoms with Crippen LogP contribution in [0.1, 0.15) is 35.5 Å². The molecule has 0 aliphatic rings. The van der Waals surface area contributed by atoms with E-state index in [2.05, 4.69) is 37.4 Å². The molecule has 4 nitrogen and oxygen atoms in total. The SMILES string of the molecule is CC[NH+](CC)Cc1ccccc1CNC(=O)c1cc2ccccc2o1. The molecule has 0 unspecified atom stereocenters. The lowest BCUT2D eigenvalue weighted by molar-refractivity contribution is -0.910. The Balaban J connectivity index is 1.69. The molecule has 3 aromatic rings. The van der Waals surface area contributed by atoms with Crippen molar-refractivity contribution in [2.75, 3.05) is 13.1 Å². The number of furan rings is 1. The minimum absolute atomic E-state index is 0.179. The zero-order valence-corrected chi connectivity index (χ0v) is 14.8. The van der Waals surface area contributed by atoms with Gasteiger partial charge in [-0.2, -0.15) is 0 Å². The zero-order valence-electron chi connectivity index (χ0n) is 14.8. The third kappa shape index (κ3) is 4.09. The number of hydrogen-bond donors (Lipinski definition) is 2. The van der Waals surface area contributed by atoms with Gasteiger partial charge in [-0.25, -0.2) is 0 Å². The van der Waals surface area contributed by atoms with Gasteiger partial charge in [0.05, 0.1) is 13.1 Å². The Hall–Kier alpha value is -2.59. The molecule has 4 heteroatoms. The molecule has 1 heterocycles. The molecule has 0 atom stereocenters. The summed E-state index contributed by atoms with van der Waals surface area (Å²) in [4.78, 5) is 13.9. The average molecular weight is 337 g/mol. The van der Waals surface area contributed by atoms with Gasteiger partial charge in [0, 0.05) is 17.5 Å². The van der Waals surface area contributed by atoms with E-state index in [9.17, 15) is 4.79 Å². The lowest BCUT2D eigenvalue weighted by Crippen LogP contribution is -3.10. The van der Waals surface area contributed by atoms with Gasteiger partial charge in [0.25, 0.3) is 5.91 Å². The maximum atomic E-state index is 12.4. The highest BCUT2D eigenvalue weighted by Gasteiger charge is 2.13. The number of rotatable bonds is 7. The van der Waals surface area contributed by atoms with Crippen molar-refractivity contribution < 1.29 is 14.1 Å². The van der Waals surface area contributed by atoms with Crippen molar-refractivity contribution in [1.82, 2.24) is 5.32 Å².